The van der Waals surface area contributed by atoms with E-state index in [1.165, 1.54) is 20.2 Å². The van der Waals surface area contributed by atoms with Crippen molar-refractivity contribution < 1.29 is 13.2 Å². The van der Waals surface area contributed by atoms with Gasteiger partial charge in [0.1, 0.15) is 5.15 Å². The van der Waals surface area contributed by atoms with E-state index < -0.39 is 15.9 Å². The number of nitrogens with zero attached hydrogens (tertiary/aromatic N) is 3. The van der Waals surface area contributed by atoms with Gasteiger partial charge in [0, 0.05) is 19.8 Å². The number of carbonyl (C=O) groups is 1. The molecule has 0 aliphatic heterocycles. The van der Waals surface area contributed by atoms with Gasteiger partial charge < -0.3 is 5.32 Å². The molecule has 7 nitrogen and oxygen atoms in total. The molecule has 170 valence electrons. The van der Waals surface area contributed by atoms with Crippen LogP contribution < -0.4 is 5.32 Å². The molecule has 2 aromatic carbocycles. The van der Waals surface area contributed by atoms with E-state index in [0.29, 0.717) is 17.9 Å². The molecular formula is C23H27ClN4O3S. The summed E-state index contributed by atoms with van der Waals surface area (Å²) in [4.78, 5) is 13.2. The van der Waals surface area contributed by atoms with Gasteiger partial charge in [-0.1, -0.05) is 41.4 Å². The Morgan fingerprint density at radius 2 is 1.72 bits per heavy atom. The number of amides is 1. The number of aromatic nitrogens is 2. The summed E-state index contributed by atoms with van der Waals surface area (Å²) >= 11 is 6.53. The van der Waals surface area contributed by atoms with Gasteiger partial charge in [-0.25, -0.2) is 17.4 Å². The van der Waals surface area contributed by atoms with Gasteiger partial charge in [0.15, 0.2) is 0 Å². The number of hydrogen-bond acceptors (Lipinski definition) is 4. The van der Waals surface area contributed by atoms with Crippen LogP contribution in [0, 0.1) is 27.7 Å². The first kappa shape index (κ1) is 24.0. The van der Waals surface area contributed by atoms with Crippen LogP contribution in [0.2, 0.25) is 5.15 Å². The average Bonchev–Trinajstić information content (AvgIpc) is 2.99. The Hall–Kier alpha value is -2.68. The Labute approximate surface area is 194 Å². The maximum Gasteiger partial charge on any atom is 0.260 e. The summed E-state index contributed by atoms with van der Waals surface area (Å²) in [7, 11) is -0.716. The molecular weight excluding hydrogens is 448 g/mol. The quantitative estimate of drug-likeness (QED) is 0.576. The van der Waals surface area contributed by atoms with E-state index in [0.717, 1.165) is 26.6 Å². The third kappa shape index (κ3) is 4.72. The Bertz CT molecular complexity index is 1280. The lowest BCUT2D eigenvalue weighted by molar-refractivity contribution is 0.102. The van der Waals surface area contributed by atoms with Crippen molar-refractivity contribution in [2.45, 2.75) is 39.1 Å². The molecule has 1 aromatic heterocycles. The summed E-state index contributed by atoms with van der Waals surface area (Å²) in [6.45, 7) is 7.79. The molecule has 32 heavy (non-hydrogen) atoms. The smallest absolute Gasteiger partial charge is 0.260 e. The highest BCUT2D eigenvalue weighted by Gasteiger charge is 2.23. The zero-order valence-corrected chi connectivity index (χ0v) is 20.6. The van der Waals surface area contributed by atoms with Crippen LogP contribution >= 0.6 is 11.6 Å². The van der Waals surface area contributed by atoms with Gasteiger partial charge in [-0.05, 0) is 56.5 Å². The Kier molecular flexibility index (Phi) is 6.78. The summed E-state index contributed by atoms with van der Waals surface area (Å²) < 4.78 is 27.9. The number of anilines is 1. The van der Waals surface area contributed by atoms with Gasteiger partial charge in [-0.3, -0.25) is 4.79 Å². The highest BCUT2D eigenvalue weighted by molar-refractivity contribution is 7.89. The second kappa shape index (κ2) is 9.05. The van der Waals surface area contributed by atoms with E-state index in [2.05, 4.69) is 10.4 Å². The fourth-order valence-corrected chi connectivity index (χ4v) is 4.62. The van der Waals surface area contributed by atoms with Crippen LogP contribution in [0.4, 0.5) is 5.69 Å². The van der Waals surface area contributed by atoms with Gasteiger partial charge in [0.05, 0.1) is 22.7 Å². The maximum atomic E-state index is 13.1. The summed E-state index contributed by atoms with van der Waals surface area (Å²) in [5.74, 6) is -0.440. The molecule has 9 heteroatoms. The predicted molar refractivity (Wildman–Crippen MR) is 127 cm³/mol. The van der Waals surface area contributed by atoms with Gasteiger partial charge in [-0.2, -0.15) is 5.10 Å². The van der Waals surface area contributed by atoms with Crippen LogP contribution in [0.15, 0.2) is 41.3 Å². The number of benzene rings is 2. The lowest BCUT2D eigenvalue weighted by Gasteiger charge is -2.16. The molecule has 0 saturated heterocycles. The number of aryl methyl sites for hydroxylation is 3. The predicted octanol–water partition coefficient (Wildman–Crippen LogP) is 4.32. The Morgan fingerprint density at radius 3 is 2.31 bits per heavy atom. The summed E-state index contributed by atoms with van der Waals surface area (Å²) in [5, 5.41) is 7.49. The summed E-state index contributed by atoms with van der Waals surface area (Å²) in [6, 6.07) is 11.1. The van der Waals surface area contributed by atoms with E-state index in [9.17, 15) is 13.2 Å². The van der Waals surface area contributed by atoms with Crippen LogP contribution in [-0.2, 0) is 16.6 Å². The number of sulfonamides is 1. The second-order valence-corrected chi connectivity index (χ2v) is 10.6. The molecule has 0 spiro atoms. The fourth-order valence-electron chi connectivity index (χ4n) is 3.28. The number of halogens is 1. The first-order valence-electron chi connectivity index (χ1n) is 10.1. The topological polar surface area (TPSA) is 84.3 Å². The molecule has 1 N–H and O–H groups in total. The van der Waals surface area contributed by atoms with Crippen molar-refractivity contribution in [3.63, 3.8) is 0 Å². The molecule has 0 bridgehead atoms. The van der Waals surface area contributed by atoms with Gasteiger partial charge in [0.25, 0.3) is 5.91 Å². The lowest BCUT2D eigenvalue weighted by Crippen LogP contribution is -2.23. The first-order chi connectivity index (χ1) is 14.9. The molecule has 1 heterocycles. The van der Waals surface area contributed by atoms with Crippen LogP contribution in [0.3, 0.4) is 0 Å². The molecule has 0 radical (unpaired) electrons. The normalized spacial score (nSPS) is 11.8. The van der Waals surface area contributed by atoms with Crippen LogP contribution in [0.25, 0.3) is 0 Å². The van der Waals surface area contributed by atoms with Crippen LogP contribution in [-0.4, -0.2) is 42.5 Å². The molecule has 3 rings (SSSR count). The van der Waals surface area contributed by atoms with Crippen molar-refractivity contribution in [2.24, 2.45) is 0 Å². The van der Waals surface area contributed by atoms with Crippen molar-refractivity contribution in [2.75, 3.05) is 19.4 Å². The summed E-state index contributed by atoms with van der Waals surface area (Å²) in [5.41, 5.74) is 4.86. The molecule has 3 aromatic rings. The maximum absolute atomic E-state index is 13.1. The minimum Gasteiger partial charge on any atom is -0.322 e. The van der Waals surface area contributed by atoms with E-state index >= 15 is 0 Å². The number of nitrogens with one attached hydrogen (secondary N) is 1. The Balaban J connectivity index is 1.93. The third-order valence-electron chi connectivity index (χ3n) is 5.41. The molecule has 0 aliphatic carbocycles. The summed E-state index contributed by atoms with van der Waals surface area (Å²) in [6.07, 6.45) is 0. The monoisotopic (exact) mass is 474 g/mol. The molecule has 0 atom stereocenters. The van der Waals surface area contributed by atoms with Crippen molar-refractivity contribution in [3.05, 3.63) is 75.1 Å². The average molecular weight is 475 g/mol. The molecule has 0 aliphatic rings. The zero-order valence-electron chi connectivity index (χ0n) is 19.0. The first-order valence-corrected chi connectivity index (χ1v) is 11.9. The molecule has 0 unspecified atom stereocenters. The van der Waals surface area contributed by atoms with E-state index in [-0.39, 0.29) is 15.6 Å². The molecule has 1 amide bonds. The van der Waals surface area contributed by atoms with Crippen molar-refractivity contribution in [3.8, 4) is 0 Å². The van der Waals surface area contributed by atoms with Crippen LogP contribution in [0.5, 0.6) is 0 Å². The SMILES string of the molecule is Cc1ccc(Cn2nc(C)c(C(=O)Nc3cc(S(=O)(=O)N(C)C)cc(C)c3C)c2Cl)cc1. The van der Waals surface area contributed by atoms with E-state index in [1.807, 2.05) is 38.1 Å². The minimum absolute atomic E-state index is 0.110. The van der Waals surface area contributed by atoms with E-state index in [4.69, 9.17) is 11.6 Å². The van der Waals surface area contributed by atoms with Crippen molar-refractivity contribution >= 4 is 33.2 Å². The lowest BCUT2D eigenvalue weighted by atomic mass is 10.1. The fraction of sp³-hybridized carbons (Fsp3) is 0.304. The zero-order chi connectivity index (χ0) is 23.8. The second-order valence-electron chi connectivity index (χ2n) is 8.05. The minimum atomic E-state index is -3.65. The van der Waals surface area contributed by atoms with Crippen molar-refractivity contribution in [1.29, 1.82) is 0 Å². The van der Waals surface area contributed by atoms with Gasteiger partial charge >= 0.3 is 0 Å². The Morgan fingerprint density at radius 1 is 1.09 bits per heavy atom. The van der Waals surface area contributed by atoms with Crippen LogP contribution in [0.1, 0.15) is 38.3 Å². The number of hydrogen-bond donors (Lipinski definition) is 1. The highest BCUT2D eigenvalue weighted by Crippen LogP contribution is 2.28. The number of carbonyl (C=O) groups excluding carboxylic acids is 1. The van der Waals surface area contributed by atoms with Crippen molar-refractivity contribution in [1.82, 2.24) is 14.1 Å². The molecule has 0 saturated carbocycles. The van der Waals surface area contributed by atoms with Gasteiger partial charge in [-0.15, -0.1) is 0 Å². The molecule has 0 fully saturated rings. The van der Waals surface area contributed by atoms with E-state index in [1.54, 1.807) is 24.6 Å². The highest BCUT2D eigenvalue weighted by atomic mass is 35.5. The number of rotatable bonds is 6. The third-order valence-corrected chi connectivity index (χ3v) is 7.59. The largest absolute Gasteiger partial charge is 0.322 e. The standard InChI is InChI=1S/C23H27ClN4O3S/c1-14-7-9-18(10-8-14)13-28-22(24)21(17(4)26-28)23(29)25-20-12-19(11-15(2)16(20)3)32(30,31)27(5)6/h7-12H,13H2,1-6H3,(H,25,29). The van der Waals surface area contributed by atoms with Gasteiger partial charge in [0.2, 0.25) is 10.0 Å².